The lowest BCUT2D eigenvalue weighted by atomic mass is 9.92. The predicted molar refractivity (Wildman–Crippen MR) is 111 cm³/mol. The fraction of sp³-hybridized carbons (Fsp3) is 0.429. The molecule has 1 aromatic heterocycles. The largest absolute Gasteiger partial charge is 0.342 e. The van der Waals surface area contributed by atoms with Gasteiger partial charge in [-0.2, -0.15) is 4.98 Å². The van der Waals surface area contributed by atoms with Gasteiger partial charge in [0.2, 0.25) is 17.8 Å². The van der Waals surface area contributed by atoms with Crippen molar-refractivity contribution in [3.05, 3.63) is 45.7 Å². The maximum atomic E-state index is 12.9. The number of piperidine rings is 1. The third-order valence-corrected chi connectivity index (χ3v) is 5.66. The standard InChI is InChI=1S/C21H25N5O3/c1-12-3-5-14(6-4-12)22-19(28)15-11-16(27)23-18-17(15)20(29)25-21(24-18)26-9-7-13(2)8-10-26/h3-6,13,15H,7-11H2,1-2H3,(H,22,28)(H2,23,24,25,27,29)/t15-/m0/s1. The van der Waals surface area contributed by atoms with E-state index >= 15 is 0 Å². The molecule has 8 heteroatoms. The lowest BCUT2D eigenvalue weighted by molar-refractivity contribution is -0.123. The van der Waals surface area contributed by atoms with Crippen LogP contribution < -0.4 is 21.1 Å². The summed E-state index contributed by atoms with van der Waals surface area (Å²) in [5.74, 6) is -0.324. The molecule has 1 saturated heterocycles. The fourth-order valence-corrected chi connectivity index (χ4v) is 3.82. The molecule has 1 atom stereocenters. The maximum absolute atomic E-state index is 12.9. The van der Waals surface area contributed by atoms with E-state index in [0.717, 1.165) is 31.5 Å². The van der Waals surface area contributed by atoms with Gasteiger partial charge in [0.15, 0.2) is 0 Å². The van der Waals surface area contributed by atoms with Crippen LogP contribution in [0.4, 0.5) is 17.5 Å². The number of aromatic nitrogens is 2. The van der Waals surface area contributed by atoms with Crippen molar-refractivity contribution in [1.29, 1.82) is 0 Å². The molecule has 1 fully saturated rings. The van der Waals surface area contributed by atoms with Crippen LogP contribution in [0.5, 0.6) is 0 Å². The third-order valence-electron chi connectivity index (χ3n) is 5.66. The number of nitrogens with one attached hydrogen (secondary N) is 3. The van der Waals surface area contributed by atoms with Crippen LogP contribution in [0.15, 0.2) is 29.1 Å². The average molecular weight is 395 g/mol. The number of amides is 2. The van der Waals surface area contributed by atoms with Crippen molar-refractivity contribution < 1.29 is 9.59 Å². The molecular formula is C21H25N5O3. The molecule has 2 aliphatic heterocycles. The maximum Gasteiger partial charge on any atom is 0.258 e. The Kier molecular flexibility index (Phi) is 5.08. The Balaban J connectivity index is 1.62. The summed E-state index contributed by atoms with van der Waals surface area (Å²) in [6.45, 7) is 5.76. The number of carbonyl (C=O) groups is 2. The Labute approximate surface area is 168 Å². The van der Waals surface area contributed by atoms with Gasteiger partial charge in [0.1, 0.15) is 5.82 Å². The van der Waals surface area contributed by atoms with E-state index in [-0.39, 0.29) is 29.3 Å². The number of aryl methyl sites for hydroxylation is 1. The topological polar surface area (TPSA) is 107 Å². The van der Waals surface area contributed by atoms with Crippen LogP contribution >= 0.6 is 0 Å². The molecule has 0 spiro atoms. The minimum Gasteiger partial charge on any atom is -0.342 e. The van der Waals surface area contributed by atoms with Crippen molar-refractivity contribution in [3.63, 3.8) is 0 Å². The predicted octanol–water partition coefficient (Wildman–Crippen LogP) is 2.38. The van der Waals surface area contributed by atoms with Gasteiger partial charge in [-0.25, -0.2) is 0 Å². The van der Waals surface area contributed by atoms with Gasteiger partial charge in [-0.1, -0.05) is 24.6 Å². The van der Waals surface area contributed by atoms with E-state index in [2.05, 4.69) is 27.5 Å². The monoisotopic (exact) mass is 395 g/mol. The van der Waals surface area contributed by atoms with E-state index in [4.69, 9.17) is 0 Å². The van der Waals surface area contributed by atoms with Crippen molar-refractivity contribution >= 4 is 29.3 Å². The van der Waals surface area contributed by atoms with Crippen LogP contribution in [0, 0.1) is 12.8 Å². The van der Waals surface area contributed by atoms with Gasteiger partial charge in [-0.15, -0.1) is 0 Å². The molecule has 1 aromatic carbocycles. The number of hydrogen-bond acceptors (Lipinski definition) is 5. The first kappa shape index (κ1) is 19.2. The first-order valence-electron chi connectivity index (χ1n) is 9.97. The zero-order valence-electron chi connectivity index (χ0n) is 16.6. The zero-order valence-corrected chi connectivity index (χ0v) is 16.6. The minimum atomic E-state index is -0.883. The molecule has 0 radical (unpaired) electrons. The van der Waals surface area contributed by atoms with E-state index < -0.39 is 11.8 Å². The molecule has 29 heavy (non-hydrogen) atoms. The molecular weight excluding hydrogens is 370 g/mol. The highest BCUT2D eigenvalue weighted by molar-refractivity contribution is 6.04. The number of nitrogens with zero attached hydrogens (tertiary/aromatic N) is 2. The smallest absolute Gasteiger partial charge is 0.258 e. The molecule has 8 nitrogen and oxygen atoms in total. The number of rotatable bonds is 3. The summed E-state index contributed by atoms with van der Waals surface area (Å²) in [6, 6.07) is 7.36. The highest BCUT2D eigenvalue weighted by Crippen LogP contribution is 2.31. The fourth-order valence-electron chi connectivity index (χ4n) is 3.82. The van der Waals surface area contributed by atoms with Crippen LogP contribution in [-0.2, 0) is 9.59 Å². The van der Waals surface area contributed by atoms with Crippen LogP contribution in [-0.4, -0.2) is 34.9 Å². The summed E-state index contributed by atoms with van der Waals surface area (Å²) < 4.78 is 0. The van der Waals surface area contributed by atoms with Gasteiger partial charge < -0.3 is 15.5 Å². The molecule has 0 aliphatic carbocycles. The van der Waals surface area contributed by atoms with Gasteiger partial charge >= 0.3 is 0 Å². The summed E-state index contributed by atoms with van der Waals surface area (Å²) in [4.78, 5) is 47.3. The lowest BCUT2D eigenvalue weighted by Crippen LogP contribution is -2.39. The third kappa shape index (κ3) is 4.01. The highest BCUT2D eigenvalue weighted by atomic mass is 16.2. The average Bonchev–Trinajstić information content (AvgIpc) is 2.69. The summed E-state index contributed by atoms with van der Waals surface area (Å²) in [5.41, 5.74) is 1.53. The second-order valence-corrected chi connectivity index (χ2v) is 7.98. The number of carbonyl (C=O) groups excluding carboxylic acids is 2. The molecule has 2 aromatic rings. The summed E-state index contributed by atoms with van der Waals surface area (Å²) >= 11 is 0. The van der Waals surface area contributed by atoms with Gasteiger partial charge in [-0.05, 0) is 37.8 Å². The molecule has 3 N–H and O–H groups in total. The number of aromatic amines is 1. The van der Waals surface area contributed by atoms with Crippen molar-refractivity contribution in [2.24, 2.45) is 5.92 Å². The summed E-state index contributed by atoms with van der Waals surface area (Å²) in [6.07, 6.45) is 1.96. The molecule has 2 aliphatic rings. The van der Waals surface area contributed by atoms with E-state index in [0.29, 0.717) is 17.6 Å². The molecule has 152 valence electrons. The first-order chi connectivity index (χ1) is 13.9. The Bertz CT molecular complexity index is 990. The van der Waals surface area contributed by atoms with Crippen molar-refractivity contribution in [2.45, 2.75) is 39.0 Å². The highest BCUT2D eigenvalue weighted by Gasteiger charge is 2.35. The van der Waals surface area contributed by atoms with E-state index in [1.165, 1.54) is 0 Å². The van der Waals surface area contributed by atoms with Crippen molar-refractivity contribution in [1.82, 2.24) is 9.97 Å². The Hall–Kier alpha value is -3.16. The van der Waals surface area contributed by atoms with Crippen LogP contribution in [0.2, 0.25) is 0 Å². The lowest BCUT2D eigenvalue weighted by Gasteiger charge is -2.31. The minimum absolute atomic E-state index is 0.0873. The molecule has 4 rings (SSSR count). The zero-order chi connectivity index (χ0) is 20.5. The number of hydrogen-bond donors (Lipinski definition) is 3. The van der Waals surface area contributed by atoms with E-state index in [1.807, 2.05) is 24.0 Å². The van der Waals surface area contributed by atoms with E-state index in [9.17, 15) is 14.4 Å². The quantitative estimate of drug-likeness (QED) is 0.740. The molecule has 2 amide bonds. The molecule has 3 heterocycles. The number of H-pyrrole nitrogens is 1. The van der Waals surface area contributed by atoms with Gasteiger partial charge in [0, 0.05) is 25.2 Å². The summed E-state index contributed by atoms with van der Waals surface area (Å²) in [7, 11) is 0. The van der Waals surface area contributed by atoms with Crippen molar-refractivity contribution in [2.75, 3.05) is 28.6 Å². The Morgan fingerprint density at radius 1 is 1.17 bits per heavy atom. The summed E-state index contributed by atoms with van der Waals surface area (Å²) in [5, 5.41) is 5.47. The Morgan fingerprint density at radius 3 is 2.55 bits per heavy atom. The first-order valence-corrected chi connectivity index (χ1v) is 9.97. The second kappa shape index (κ2) is 7.69. The SMILES string of the molecule is Cc1ccc(NC(=O)[C@H]2CC(=O)Nc3nc(N4CCC(C)CC4)[nH]c(=O)c32)cc1. The van der Waals surface area contributed by atoms with E-state index in [1.54, 1.807) is 12.1 Å². The van der Waals surface area contributed by atoms with Crippen molar-refractivity contribution in [3.8, 4) is 0 Å². The molecule has 0 unspecified atom stereocenters. The number of benzene rings is 1. The molecule has 0 bridgehead atoms. The van der Waals surface area contributed by atoms with Gasteiger partial charge in [0.05, 0.1) is 11.5 Å². The molecule has 0 saturated carbocycles. The van der Waals surface area contributed by atoms with Crippen LogP contribution in [0.1, 0.15) is 43.2 Å². The van der Waals surface area contributed by atoms with Crippen LogP contribution in [0.3, 0.4) is 0 Å². The van der Waals surface area contributed by atoms with Crippen LogP contribution in [0.25, 0.3) is 0 Å². The van der Waals surface area contributed by atoms with Gasteiger partial charge in [0.25, 0.3) is 5.56 Å². The number of anilines is 3. The van der Waals surface area contributed by atoms with Gasteiger partial charge in [-0.3, -0.25) is 19.4 Å². The normalized spacial score (nSPS) is 19.4. The number of fused-ring (bicyclic) bond motifs is 1. The second-order valence-electron chi connectivity index (χ2n) is 7.98. The Morgan fingerprint density at radius 2 is 1.86 bits per heavy atom.